The van der Waals surface area contributed by atoms with E-state index in [2.05, 4.69) is 22.2 Å². The fourth-order valence-corrected chi connectivity index (χ4v) is 4.51. The number of amides is 1. The van der Waals surface area contributed by atoms with Gasteiger partial charge in [-0.25, -0.2) is 0 Å². The third kappa shape index (κ3) is 5.03. The highest BCUT2D eigenvalue weighted by atomic mass is 16.6. The monoisotopic (exact) mass is 423 g/mol. The number of nitrogens with zero attached hydrogens (tertiary/aromatic N) is 4. The number of benzene rings is 2. The van der Waals surface area contributed by atoms with Crippen molar-refractivity contribution in [1.29, 1.82) is 0 Å². The molecule has 0 spiro atoms. The Bertz CT molecular complexity index is 928. The van der Waals surface area contributed by atoms with Crippen molar-refractivity contribution < 1.29 is 9.72 Å². The molecule has 1 unspecified atom stereocenters. The van der Waals surface area contributed by atoms with Gasteiger partial charge in [0.2, 0.25) is 0 Å². The fourth-order valence-electron chi connectivity index (χ4n) is 4.51. The SMILES string of the molecule is CN1CCCC(N2CCN(C(=O)c3ccc(Nc4ccccc4)c([N+](=O)[O-])c3)CC2)C1. The smallest absolute Gasteiger partial charge is 0.293 e. The summed E-state index contributed by atoms with van der Waals surface area (Å²) in [5.74, 6) is -0.144. The summed E-state index contributed by atoms with van der Waals surface area (Å²) >= 11 is 0. The number of anilines is 2. The molecule has 2 saturated heterocycles. The van der Waals surface area contributed by atoms with E-state index >= 15 is 0 Å². The van der Waals surface area contributed by atoms with Crippen LogP contribution in [0.3, 0.4) is 0 Å². The lowest BCUT2D eigenvalue weighted by Gasteiger charge is -2.42. The number of carbonyl (C=O) groups is 1. The fraction of sp³-hybridized carbons (Fsp3) is 0.435. The summed E-state index contributed by atoms with van der Waals surface area (Å²) in [7, 11) is 2.16. The molecule has 2 aliphatic rings. The van der Waals surface area contributed by atoms with E-state index in [9.17, 15) is 14.9 Å². The zero-order chi connectivity index (χ0) is 21.8. The number of hydrogen-bond donors (Lipinski definition) is 1. The maximum atomic E-state index is 13.0. The van der Waals surface area contributed by atoms with E-state index < -0.39 is 4.92 Å². The Morgan fingerprint density at radius 2 is 1.81 bits per heavy atom. The molecule has 0 radical (unpaired) electrons. The van der Waals surface area contributed by atoms with Crippen LogP contribution in [0.25, 0.3) is 0 Å². The number of nitro benzene ring substituents is 1. The van der Waals surface area contributed by atoms with E-state index in [0.717, 1.165) is 31.9 Å². The lowest BCUT2D eigenvalue weighted by Crippen LogP contribution is -2.55. The molecular formula is C23H29N5O3. The first kappa shape index (κ1) is 21.3. The lowest BCUT2D eigenvalue weighted by molar-refractivity contribution is -0.383. The lowest BCUT2D eigenvalue weighted by atomic mass is 10.0. The highest BCUT2D eigenvalue weighted by Crippen LogP contribution is 2.29. The Morgan fingerprint density at radius 1 is 1.06 bits per heavy atom. The van der Waals surface area contributed by atoms with Gasteiger partial charge >= 0.3 is 0 Å². The van der Waals surface area contributed by atoms with E-state index in [1.54, 1.807) is 12.1 Å². The van der Waals surface area contributed by atoms with Crippen molar-refractivity contribution in [3.8, 4) is 0 Å². The number of carbonyl (C=O) groups excluding carboxylic acids is 1. The van der Waals surface area contributed by atoms with Gasteiger partial charge in [0.25, 0.3) is 11.6 Å². The van der Waals surface area contributed by atoms with E-state index in [-0.39, 0.29) is 11.6 Å². The molecule has 2 aromatic carbocycles. The van der Waals surface area contributed by atoms with Crippen molar-refractivity contribution in [1.82, 2.24) is 14.7 Å². The number of piperazine rings is 1. The molecule has 1 atom stereocenters. The average molecular weight is 424 g/mol. The largest absolute Gasteiger partial charge is 0.350 e. The molecular weight excluding hydrogens is 394 g/mol. The molecule has 2 fully saturated rings. The minimum absolute atomic E-state index is 0.0985. The van der Waals surface area contributed by atoms with Crippen LogP contribution in [0.1, 0.15) is 23.2 Å². The van der Waals surface area contributed by atoms with Crippen molar-refractivity contribution in [3.63, 3.8) is 0 Å². The molecule has 2 aromatic rings. The summed E-state index contributed by atoms with van der Waals surface area (Å²) in [6, 6.07) is 14.5. The number of nitrogens with one attached hydrogen (secondary N) is 1. The molecule has 31 heavy (non-hydrogen) atoms. The molecule has 0 bridgehead atoms. The van der Waals surface area contributed by atoms with Crippen LogP contribution in [0, 0.1) is 10.1 Å². The number of hydrogen-bond acceptors (Lipinski definition) is 6. The Labute approximate surface area is 182 Å². The molecule has 4 rings (SSSR count). The van der Waals surface area contributed by atoms with Crippen LogP contribution in [0.2, 0.25) is 0 Å². The minimum Gasteiger partial charge on any atom is -0.350 e. The highest BCUT2D eigenvalue weighted by molar-refractivity contribution is 5.96. The number of para-hydroxylation sites is 1. The van der Waals surface area contributed by atoms with Gasteiger partial charge in [-0.2, -0.15) is 0 Å². The maximum Gasteiger partial charge on any atom is 0.293 e. The highest BCUT2D eigenvalue weighted by Gasteiger charge is 2.29. The topological polar surface area (TPSA) is 82.0 Å². The van der Waals surface area contributed by atoms with Crippen LogP contribution in [0.15, 0.2) is 48.5 Å². The van der Waals surface area contributed by atoms with Gasteiger partial charge in [0.1, 0.15) is 5.69 Å². The van der Waals surface area contributed by atoms with Gasteiger partial charge < -0.3 is 15.1 Å². The Hall–Kier alpha value is -2.97. The second-order valence-electron chi connectivity index (χ2n) is 8.37. The summed E-state index contributed by atoms with van der Waals surface area (Å²) in [6.45, 7) is 5.23. The van der Waals surface area contributed by atoms with E-state index in [1.165, 1.54) is 18.9 Å². The molecule has 0 aliphatic carbocycles. The maximum absolute atomic E-state index is 13.0. The standard InChI is InChI=1S/C23H29N5O3/c1-25-11-5-8-20(17-25)26-12-14-27(15-13-26)23(29)18-9-10-21(22(16-18)28(30)31)24-19-6-3-2-4-7-19/h2-4,6-7,9-10,16,20,24H,5,8,11-15,17H2,1H3. The molecule has 1 amide bonds. The van der Waals surface area contributed by atoms with Crippen LogP contribution in [-0.2, 0) is 0 Å². The summed E-state index contributed by atoms with van der Waals surface area (Å²) in [4.78, 5) is 30.9. The number of likely N-dealkylation sites (tertiary alicyclic amines) is 1. The zero-order valence-electron chi connectivity index (χ0n) is 17.9. The average Bonchev–Trinajstić information content (AvgIpc) is 2.79. The van der Waals surface area contributed by atoms with Crippen LogP contribution >= 0.6 is 0 Å². The molecule has 2 aliphatic heterocycles. The Morgan fingerprint density at radius 3 is 2.48 bits per heavy atom. The van der Waals surface area contributed by atoms with Gasteiger partial charge in [0.15, 0.2) is 0 Å². The number of likely N-dealkylation sites (N-methyl/N-ethyl adjacent to an activating group) is 1. The van der Waals surface area contributed by atoms with Crippen molar-refractivity contribution in [2.24, 2.45) is 0 Å². The quantitative estimate of drug-likeness (QED) is 0.588. The van der Waals surface area contributed by atoms with Crippen molar-refractivity contribution in [2.75, 3.05) is 51.6 Å². The Balaban J connectivity index is 1.42. The predicted molar refractivity (Wildman–Crippen MR) is 121 cm³/mol. The van der Waals surface area contributed by atoms with Gasteiger partial charge in [0.05, 0.1) is 4.92 Å². The third-order valence-corrected chi connectivity index (χ3v) is 6.21. The van der Waals surface area contributed by atoms with Gasteiger partial charge in [-0.05, 0) is 50.7 Å². The normalized spacial score (nSPS) is 20.4. The number of piperidine rings is 1. The Kier molecular flexibility index (Phi) is 6.48. The van der Waals surface area contributed by atoms with Gasteiger partial charge in [-0.3, -0.25) is 19.8 Å². The molecule has 8 nitrogen and oxygen atoms in total. The van der Waals surface area contributed by atoms with E-state index in [1.807, 2.05) is 35.2 Å². The van der Waals surface area contributed by atoms with Crippen molar-refractivity contribution >= 4 is 23.0 Å². The van der Waals surface area contributed by atoms with E-state index in [4.69, 9.17) is 0 Å². The summed E-state index contributed by atoms with van der Waals surface area (Å²) in [6.07, 6.45) is 2.42. The van der Waals surface area contributed by atoms with Crippen molar-refractivity contribution in [3.05, 3.63) is 64.2 Å². The molecule has 0 aromatic heterocycles. The van der Waals surface area contributed by atoms with Crippen LogP contribution in [0.5, 0.6) is 0 Å². The first-order valence-corrected chi connectivity index (χ1v) is 10.8. The first-order chi connectivity index (χ1) is 15.0. The zero-order valence-corrected chi connectivity index (χ0v) is 17.9. The van der Waals surface area contributed by atoms with Gasteiger partial charge in [0, 0.05) is 56.1 Å². The van der Waals surface area contributed by atoms with Gasteiger partial charge in [-0.1, -0.05) is 18.2 Å². The van der Waals surface area contributed by atoms with Crippen molar-refractivity contribution in [2.45, 2.75) is 18.9 Å². The predicted octanol–water partition coefficient (Wildman–Crippen LogP) is 3.19. The van der Waals surface area contributed by atoms with Crippen LogP contribution in [0.4, 0.5) is 17.1 Å². The van der Waals surface area contributed by atoms with Gasteiger partial charge in [-0.15, -0.1) is 0 Å². The summed E-state index contributed by atoms with van der Waals surface area (Å²) in [5, 5.41) is 14.7. The second-order valence-corrected chi connectivity index (χ2v) is 8.37. The molecule has 0 saturated carbocycles. The minimum atomic E-state index is -0.445. The number of rotatable bonds is 5. The van der Waals surface area contributed by atoms with E-state index in [0.29, 0.717) is 30.4 Å². The van der Waals surface area contributed by atoms with Crippen LogP contribution < -0.4 is 5.32 Å². The number of nitro groups is 1. The molecule has 164 valence electrons. The van der Waals surface area contributed by atoms with Crippen LogP contribution in [-0.4, -0.2) is 77.9 Å². The summed E-state index contributed by atoms with van der Waals surface area (Å²) < 4.78 is 0. The second kappa shape index (κ2) is 9.45. The third-order valence-electron chi connectivity index (χ3n) is 6.21. The summed E-state index contributed by atoms with van der Waals surface area (Å²) in [5.41, 5.74) is 1.39. The molecule has 8 heteroatoms. The molecule has 1 N–H and O–H groups in total. The first-order valence-electron chi connectivity index (χ1n) is 10.8. The molecule has 2 heterocycles.